The summed E-state index contributed by atoms with van der Waals surface area (Å²) in [6, 6.07) is 10.3. The van der Waals surface area contributed by atoms with Crippen LogP contribution in [0.15, 0.2) is 36.5 Å². The number of anilines is 1. The van der Waals surface area contributed by atoms with Gasteiger partial charge < -0.3 is 15.0 Å². The summed E-state index contributed by atoms with van der Waals surface area (Å²) in [7, 11) is 0. The van der Waals surface area contributed by atoms with Crippen LogP contribution in [0.1, 0.15) is 12.5 Å². The molecule has 2 heterocycles. The number of nitrogens with one attached hydrogen (secondary N) is 1. The van der Waals surface area contributed by atoms with E-state index in [2.05, 4.69) is 27.1 Å². The van der Waals surface area contributed by atoms with Gasteiger partial charge in [-0.15, -0.1) is 0 Å². The Morgan fingerprint density at radius 1 is 1.41 bits per heavy atom. The Bertz CT molecular complexity index is 637. The first kappa shape index (κ1) is 15.1. The molecule has 1 saturated heterocycles. The van der Waals surface area contributed by atoms with Gasteiger partial charge in [0.1, 0.15) is 12.4 Å². The minimum absolute atomic E-state index is 0.392. The fraction of sp³-hybridized carbons (Fsp3) is 0.375. The SMILES string of the molecule is CC1CNCCN1c1ccnc(OCc2cccc(Cl)c2)n1. The summed E-state index contributed by atoms with van der Waals surface area (Å²) in [5.41, 5.74) is 0.997. The lowest BCUT2D eigenvalue weighted by Crippen LogP contribution is -2.50. The van der Waals surface area contributed by atoms with E-state index in [0.717, 1.165) is 31.0 Å². The molecule has 1 aliphatic rings. The van der Waals surface area contributed by atoms with E-state index in [-0.39, 0.29) is 0 Å². The molecule has 5 nitrogen and oxygen atoms in total. The summed E-state index contributed by atoms with van der Waals surface area (Å²) in [5, 5.41) is 4.07. The van der Waals surface area contributed by atoms with Crippen molar-refractivity contribution < 1.29 is 4.74 Å². The average Bonchev–Trinajstić information content (AvgIpc) is 2.54. The third-order valence-corrected chi connectivity index (χ3v) is 3.91. The molecule has 1 unspecified atom stereocenters. The predicted octanol–water partition coefficient (Wildman–Crippen LogP) is 2.51. The van der Waals surface area contributed by atoms with Crippen molar-refractivity contribution >= 4 is 17.4 Å². The average molecular weight is 319 g/mol. The molecule has 0 radical (unpaired) electrons. The van der Waals surface area contributed by atoms with Gasteiger partial charge in [0.25, 0.3) is 0 Å². The fourth-order valence-corrected chi connectivity index (χ4v) is 2.73. The van der Waals surface area contributed by atoms with Crippen LogP contribution in [0.2, 0.25) is 5.02 Å². The third-order valence-electron chi connectivity index (χ3n) is 3.67. The van der Waals surface area contributed by atoms with Crippen LogP contribution in [0.25, 0.3) is 0 Å². The molecule has 0 bridgehead atoms. The quantitative estimate of drug-likeness (QED) is 0.938. The standard InChI is InChI=1S/C16H19ClN4O/c1-12-10-18-7-8-21(12)15-5-6-19-16(20-15)22-11-13-3-2-4-14(17)9-13/h2-6,9,12,18H,7-8,10-11H2,1H3. The van der Waals surface area contributed by atoms with Crippen LogP contribution in [-0.2, 0) is 6.61 Å². The maximum absolute atomic E-state index is 5.97. The molecule has 0 aliphatic carbocycles. The summed E-state index contributed by atoms with van der Waals surface area (Å²) in [6.45, 7) is 5.45. The molecule has 1 aromatic carbocycles. The summed E-state index contributed by atoms with van der Waals surface area (Å²) in [5.74, 6) is 0.907. The van der Waals surface area contributed by atoms with Crippen molar-refractivity contribution in [2.24, 2.45) is 0 Å². The van der Waals surface area contributed by atoms with Crippen molar-refractivity contribution in [3.8, 4) is 6.01 Å². The predicted molar refractivity (Wildman–Crippen MR) is 87.5 cm³/mol. The first-order valence-electron chi connectivity index (χ1n) is 7.40. The highest BCUT2D eigenvalue weighted by atomic mass is 35.5. The molecule has 0 spiro atoms. The zero-order valence-electron chi connectivity index (χ0n) is 12.5. The molecule has 1 aliphatic heterocycles. The number of nitrogens with zero attached hydrogens (tertiary/aromatic N) is 3. The molecule has 0 saturated carbocycles. The third kappa shape index (κ3) is 3.67. The molecule has 116 valence electrons. The van der Waals surface area contributed by atoms with E-state index >= 15 is 0 Å². The lowest BCUT2D eigenvalue weighted by Gasteiger charge is -2.34. The highest BCUT2D eigenvalue weighted by Crippen LogP contribution is 2.18. The van der Waals surface area contributed by atoms with E-state index in [1.54, 1.807) is 6.20 Å². The van der Waals surface area contributed by atoms with Gasteiger partial charge in [0, 0.05) is 36.9 Å². The van der Waals surface area contributed by atoms with E-state index in [1.807, 2.05) is 30.3 Å². The number of piperazine rings is 1. The molecule has 22 heavy (non-hydrogen) atoms. The van der Waals surface area contributed by atoms with Gasteiger partial charge in [0.2, 0.25) is 0 Å². The van der Waals surface area contributed by atoms with Gasteiger partial charge in [0.15, 0.2) is 0 Å². The summed E-state index contributed by atoms with van der Waals surface area (Å²) < 4.78 is 5.69. The van der Waals surface area contributed by atoms with Gasteiger partial charge >= 0.3 is 6.01 Å². The van der Waals surface area contributed by atoms with Gasteiger partial charge in [-0.1, -0.05) is 23.7 Å². The van der Waals surface area contributed by atoms with Crippen molar-refractivity contribution in [2.45, 2.75) is 19.6 Å². The smallest absolute Gasteiger partial charge is 0.318 e. The van der Waals surface area contributed by atoms with Gasteiger partial charge in [0.05, 0.1) is 0 Å². The van der Waals surface area contributed by atoms with Crippen LogP contribution in [0.5, 0.6) is 6.01 Å². The van der Waals surface area contributed by atoms with Gasteiger partial charge in [-0.2, -0.15) is 4.98 Å². The van der Waals surface area contributed by atoms with Gasteiger partial charge in [-0.25, -0.2) is 4.98 Å². The van der Waals surface area contributed by atoms with Crippen LogP contribution in [0, 0.1) is 0 Å². The Kier molecular flexibility index (Phi) is 4.75. The minimum atomic E-state index is 0.392. The Balaban J connectivity index is 1.68. The Morgan fingerprint density at radius 3 is 3.14 bits per heavy atom. The number of ether oxygens (including phenoxy) is 1. The number of halogens is 1. The van der Waals surface area contributed by atoms with E-state index in [4.69, 9.17) is 16.3 Å². The normalized spacial score (nSPS) is 18.3. The summed E-state index contributed by atoms with van der Waals surface area (Å²) in [4.78, 5) is 11.0. The second-order valence-electron chi connectivity index (χ2n) is 5.36. The molecule has 3 rings (SSSR count). The number of aromatic nitrogens is 2. The topological polar surface area (TPSA) is 50.3 Å². The van der Waals surface area contributed by atoms with Crippen LogP contribution in [-0.4, -0.2) is 35.6 Å². The lowest BCUT2D eigenvalue weighted by atomic mass is 10.2. The molecule has 1 fully saturated rings. The number of hydrogen-bond acceptors (Lipinski definition) is 5. The first-order chi connectivity index (χ1) is 10.7. The summed E-state index contributed by atoms with van der Waals surface area (Å²) >= 11 is 5.97. The van der Waals surface area contributed by atoms with Crippen molar-refractivity contribution in [2.75, 3.05) is 24.5 Å². The maximum Gasteiger partial charge on any atom is 0.318 e. The Hall–Kier alpha value is -1.85. The monoisotopic (exact) mass is 318 g/mol. The van der Waals surface area contributed by atoms with E-state index in [9.17, 15) is 0 Å². The Labute approximate surface area is 135 Å². The number of benzene rings is 1. The van der Waals surface area contributed by atoms with Crippen LogP contribution in [0.3, 0.4) is 0 Å². The van der Waals surface area contributed by atoms with Crippen molar-refractivity contribution in [1.29, 1.82) is 0 Å². The van der Waals surface area contributed by atoms with Crippen molar-refractivity contribution in [1.82, 2.24) is 15.3 Å². The zero-order chi connectivity index (χ0) is 15.4. The summed E-state index contributed by atoms with van der Waals surface area (Å²) in [6.07, 6.45) is 1.74. The molecular formula is C16H19ClN4O. The molecule has 0 amide bonds. The molecular weight excluding hydrogens is 300 g/mol. The second kappa shape index (κ2) is 6.94. The second-order valence-corrected chi connectivity index (χ2v) is 5.80. The lowest BCUT2D eigenvalue weighted by molar-refractivity contribution is 0.280. The van der Waals surface area contributed by atoms with Crippen LogP contribution >= 0.6 is 11.6 Å². The molecule has 1 N–H and O–H groups in total. The van der Waals surface area contributed by atoms with E-state index in [0.29, 0.717) is 23.7 Å². The Morgan fingerprint density at radius 2 is 2.32 bits per heavy atom. The fourth-order valence-electron chi connectivity index (χ4n) is 2.52. The molecule has 1 atom stereocenters. The maximum atomic E-state index is 5.97. The highest BCUT2D eigenvalue weighted by Gasteiger charge is 2.19. The number of rotatable bonds is 4. The van der Waals surface area contributed by atoms with Gasteiger partial charge in [-0.05, 0) is 30.7 Å². The molecule has 1 aromatic heterocycles. The van der Waals surface area contributed by atoms with E-state index in [1.165, 1.54) is 0 Å². The molecule has 6 heteroatoms. The molecule has 2 aromatic rings. The highest BCUT2D eigenvalue weighted by molar-refractivity contribution is 6.30. The van der Waals surface area contributed by atoms with Gasteiger partial charge in [-0.3, -0.25) is 0 Å². The first-order valence-corrected chi connectivity index (χ1v) is 7.78. The minimum Gasteiger partial charge on any atom is -0.459 e. The van der Waals surface area contributed by atoms with E-state index < -0.39 is 0 Å². The number of hydrogen-bond donors (Lipinski definition) is 1. The zero-order valence-corrected chi connectivity index (χ0v) is 13.3. The van der Waals surface area contributed by atoms with Crippen molar-refractivity contribution in [3.05, 3.63) is 47.1 Å². The van der Waals surface area contributed by atoms with Crippen molar-refractivity contribution in [3.63, 3.8) is 0 Å². The largest absolute Gasteiger partial charge is 0.459 e. The van der Waals surface area contributed by atoms with Crippen LogP contribution < -0.4 is 15.0 Å². The van der Waals surface area contributed by atoms with Crippen LogP contribution in [0.4, 0.5) is 5.82 Å².